The minimum Gasteiger partial charge on any atom is -0.465 e. The van der Waals surface area contributed by atoms with Crippen LogP contribution >= 0.6 is 0 Å². The average molecular weight is 340 g/mol. The normalized spacial score (nSPS) is 15.4. The maximum atomic E-state index is 11.0. The topological polar surface area (TPSA) is 82.7 Å². The Morgan fingerprint density at radius 1 is 1.20 bits per heavy atom. The summed E-state index contributed by atoms with van der Waals surface area (Å²) < 4.78 is 0. The number of carboxylic acid groups (broad SMARTS) is 1. The molecule has 1 fully saturated rings. The smallest absolute Gasteiger partial charge is 0.407 e. The third kappa shape index (κ3) is 4.15. The highest BCUT2D eigenvalue weighted by molar-refractivity contribution is 5.65. The maximum Gasteiger partial charge on any atom is 0.407 e. The molecule has 0 atom stereocenters. The van der Waals surface area contributed by atoms with Crippen molar-refractivity contribution < 1.29 is 9.90 Å². The number of piperazine rings is 1. The van der Waals surface area contributed by atoms with Crippen molar-refractivity contribution in [2.45, 2.75) is 20.0 Å². The van der Waals surface area contributed by atoms with Gasteiger partial charge in [0.15, 0.2) is 0 Å². The van der Waals surface area contributed by atoms with E-state index in [1.165, 1.54) is 10.5 Å². The first-order chi connectivity index (χ1) is 12.1. The molecule has 0 saturated carbocycles. The second-order valence-electron chi connectivity index (χ2n) is 6.39. The van der Waals surface area contributed by atoms with Gasteiger partial charge in [0.05, 0.1) is 5.69 Å². The molecule has 0 aliphatic carbocycles. The predicted molar refractivity (Wildman–Crippen MR) is 97.2 cm³/mol. The van der Waals surface area contributed by atoms with E-state index < -0.39 is 6.09 Å². The lowest BCUT2D eigenvalue weighted by Gasteiger charge is -2.33. The molecule has 1 saturated heterocycles. The SMILES string of the molecule is Cc1nc(-c2cccc(CN)c2)ccc1CN1CCN(C(=O)O)CC1. The first-order valence-corrected chi connectivity index (χ1v) is 8.53. The number of aromatic nitrogens is 1. The van der Waals surface area contributed by atoms with E-state index >= 15 is 0 Å². The summed E-state index contributed by atoms with van der Waals surface area (Å²) >= 11 is 0. The summed E-state index contributed by atoms with van der Waals surface area (Å²) in [6.45, 7) is 5.98. The molecule has 1 aromatic carbocycles. The van der Waals surface area contributed by atoms with Gasteiger partial charge in [-0.2, -0.15) is 0 Å². The van der Waals surface area contributed by atoms with Crippen LogP contribution in [0.1, 0.15) is 16.8 Å². The fourth-order valence-corrected chi connectivity index (χ4v) is 3.11. The van der Waals surface area contributed by atoms with E-state index in [0.717, 1.165) is 42.1 Å². The van der Waals surface area contributed by atoms with Crippen molar-refractivity contribution in [3.05, 3.63) is 53.2 Å². The molecule has 132 valence electrons. The molecule has 3 N–H and O–H groups in total. The van der Waals surface area contributed by atoms with Gasteiger partial charge in [0, 0.05) is 50.5 Å². The standard InChI is InChI=1S/C19H24N4O2/c1-14-17(13-22-7-9-23(10-8-22)19(24)25)5-6-18(21-14)16-4-2-3-15(11-16)12-20/h2-6,11H,7-10,12-13,20H2,1H3,(H,24,25). The molecule has 1 aliphatic rings. The molecular weight excluding hydrogens is 316 g/mol. The summed E-state index contributed by atoms with van der Waals surface area (Å²) in [4.78, 5) is 19.5. The van der Waals surface area contributed by atoms with Crippen molar-refractivity contribution in [3.8, 4) is 11.3 Å². The second-order valence-corrected chi connectivity index (χ2v) is 6.39. The van der Waals surface area contributed by atoms with Gasteiger partial charge in [-0.15, -0.1) is 0 Å². The summed E-state index contributed by atoms with van der Waals surface area (Å²) in [6.07, 6.45) is -0.832. The molecule has 1 amide bonds. The Kier molecular flexibility index (Phi) is 5.31. The molecule has 1 aromatic heterocycles. The number of nitrogens with zero attached hydrogens (tertiary/aromatic N) is 3. The van der Waals surface area contributed by atoms with Crippen LogP contribution in [0.25, 0.3) is 11.3 Å². The van der Waals surface area contributed by atoms with Crippen molar-refractivity contribution in [1.82, 2.24) is 14.8 Å². The van der Waals surface area contributed by atoms with Gasteiger partial charge >= 0.3 is 6.09 Å². The maximum absolute atomic E-state index is 11.0. The Bertz CT molecular complexity index is 755. The summed E-state index contributed by atoms with van der Waals surface area (Å²) in [6, 6.07) is 12.3. The average Bonchev–Trinajstić information content (AvgIpc) is 2.64. The van der Waals surface area contributed by atoms with Gasteiger partial charge in [0.25, 0.3) is 0 Å². The van der Waals surface area contributed by atoms with E-state index in [1.54, 1.807) is 0 Å². The fourth-order valence-electron chi connectivity index (χ4n) is 3.11. The number of aryl methyl sites for hydroxylation is 1. The summed E-state index contributed by atoms with van der Waals surface area (Å²) in [5, 5.41) is 9.02. The molecule has 2 aromatic rings. The van der Waals surface area contributed by atoms with Crippen molar-refractivity contribution >= 4 is 6.09 Å². The van der Waals surface area contributed by atoms with Gasteiger partial charge in [-0.05, 0) is 30.2 Å². The molecule has 0 spiro atoms. The highest BCUT2D eigenvalue weighted by atomic mass is 16.4. The number of carbonyl (C=O) groups is 1. The molecule has 0 radical (unpaired) electrons. The number of nitrogens with two attached hydrogens (primary N) is 1. The Morgan fingerprint density at radius 2 is 1.96 bits per heavy atom. The molecule has 1 aliphatic heterocycles. The highest BCUT2D eigenvalue weighted by Crippen LogP contribution is 2.21. The van der Waals surface area contributed by atoms with Crippen LogP contribution in [-0.4, -0.2) is 52.2 Å². The Labute approximate surface area is 147 Å². The number of benzene rings is 1. The lowest BCUT2D eigenvalue weighted by atomic mass is 10.1. The zero-order chi connectivity index (χ0) is 17.8. The van der Waals surface area contributed by atoms with E-state index in [0.29, 0.717) is 19.6 Å². The van der Waals surface area contributed by atoms with Crippen LogP contribution in [0.5, 0.6) is 0 Å². The first kappa shape index (κ1) is 17.4. The largest absolute Gasteiger partial charge is 0.465 e. The van der Waals surface area contributed by atoms with E-state index in [4.69, 9.17) is 15.8 Å². The highest BCUT2D eigenvalue weighted by Gasteiger charge is 2.20. The summed E-state index contributed by atoms with van der Waals surface area (Å²) in [5.74, 6) is 0. The van der Waals surface area contributed by atoms with Crippen molar-refractivity contribution in [2.75, 3.05) is 26.2 Å². The Hall–Kier alpha value is -2.44. The third-order valence-electron chi connectivity index (χ3n) is 4.69. The number of pyridine rings is 1. The lowest BCUT2D eigenvalue weighted by Crippen LogP contribution is -2.47. The van der Waals surface area contributed by atoms with Crippen LogP contribution in [0.3, 0.4) is 0 Å². The van der Waals surface area contributed by atoms with E-state index in [-0.39, 0.29) is 0 Å². The molecular formula is C19H24N4O2. The Balaban J connectivity index is 1.69. The Morgan fingerprint density at radius 3 is 2.60 bits per heavy atom. The molecule has 3 rings (SSSR count). The molecule has 2 heterocycles. The fraction of sp³-hybridized carbons (Fsp3) is 0.368. The van der Waals surface area contributed by atoms with Gasteiger partial charge in [-0.1, -0.05) is 24.3 Å². The number of rotatable bonds is 4. The van der Waals surface area contributed by atoms with Crippen LogP contribution < -0.4 is 5.73 Å². The lowest BCUT2D eigenvalue weighted by molar-refractivity contribution is 0.103. The monoisotopic (exact) mass is 340 g/mol. The van der Waals surface area contributed by atoms with E-state index in [9.17, 15) is 4.79 Å². The molecule has 6 nitrogen and oxygen atoms in total. The van der Waals surface area contributed by atoms with E-state index in [2.05, 4.69) is 17.0 Å². The molecule has 0 bridgehead atoms. The first-order valence-electron chi connectivity index (χ1n) is 8.53. The van der Waals surface area contributed by atoms with Crippen LogP contribution in [-0.2, 0) is 13.1 Å². The zero-order valence-electron chi connectivity index (χ0n) is 14.5. The van der Waals surface area contributed by atoms with Crippen molar-refractivity contribution in [2.24, 2.45) is 5.73 Å². The van der Waals surface area contributed by atoms with Gasteiger partial charge < -0.3 is 15.7 Å². The van der Waals surface area contributed by atoms with Crippen LogP contribution in [0.15, 0.2) is 36.4 Å². The van der Waals surface area contributed by atoms with E-state index in [1.807, 2.05) is 31.2 Å². The molecule has 0 unspecified atom stereocenters. The van der Waals surface area contributed by atoms with Crippen LogP contribution in [0.2, 0.25) is 0 Å². The molecule has 25 heavy (non-hydrogen) atoms. The van der Waals surface area contributed by atoms with Gasteiger partial charge in [0.2, 0.25) is 0 Å². The van der Waals surface area contributed by atoms with Gasteiger partial charge in [0.1, 0.15) is 0 Å². The summed E-state index contributed by atoms with van der Waals surface area (Å²) in [7, 11) is 0. The number of hydrogen-bond acceptors (Lipinski definition) is 4. The number of hydrogen-bond donors (Lipinski definition) is 2. The van der Waals surface area contributed by atoms with Gasteiger partial charge in [-0.25, -0.2) is 4.79 Å². The van der Waals surface area contributed by atoms with Gasteiger partial charge in [-0.3, -0.25) is 9.88 Å². The van der Waals surface area contributed by atoms with Crippen molar-refractivity contribution in [3.63, 3.8) is 0 Å². The molecule has 6 heteroatoms. The van der Waals surface area contributed by atoms with Crippen LogP contribution in [0.4, 0.5) is 4.79 Å². The predicted octanol–water partition coefficient (Wildman–Crippen LogP) is 2.31. The minimum atomic E-state index is -0.832. The third-order valence-corrected chi connectivity index (χ3v) is 4.69. The quantitative estimate of drug-likeness (QED) is 0.892. The minimum absolute atomic E-state index is 0.521. The second kappa shape index (κ2) is 7.63. The zero-order valence-corrected chi connectivity index (χ0v) is 14.5. The number of amides is 1. The summed E-state index contributed by atoms with van der Waals surface area (Å²) in [5.41, 5.74) is 11.0. The van der Waals surface area contributed by atoms with Crippen LogP contribution in [0, 0.1) is 6.92 Å². The van der Waals surface area contributed by atoms with Crippen molar-refractivity contribution in [1.29, 1.82) is 0 Å².